The maximum atomic E-state index is 13.1. The van der Waals surface area contributed by atoms with Crippen molar-refractivity contribution in [1.82, 2.24) is 4.90 Å². The molecule has 0 saturated carbocycles. The molecule has 0 radical (unpaired) electrons. The van der Waals surface area contributed by atoms with Crippen molar-refractivity contribution in [2.75, 3.05) is 31.1 Å². The quantitative estimate of drug-likeness (QED) is 0.686. The maximum absolute atomic E-state index is 13.1. The van der Waals surface area contributed by atoms with Crippen LogP contribution in [0.1, 0.15) is 19.4 Å². The summed E-state index contributed by atoms with van der Waals surface area (Å²) >= 11 is 18.3. The first kappa shape index (κ1) is 19.3. The molecule has 1 saturated heterocycles. The number of piperazine rings is 1. The van der Waals surface area contributed by atoms with Crippen molar-refractivity contribution in [3.05, 3.63) is 63.1 Å². The van der Waals surface area contributed by atoms with E-state index in [1.54, 1.807) is 6.07 Å². The highest BCUT2D eigenvalue weighted by molar-refractivity contribution is 6.36. The number of halogens is 3. The lowest BCUT2D eigenvalue weighted by atomic mass is 9.83. The molecule has 0 bridgehead atoms. The van der Waals surface area contributed by atoms with Crippen LogP contribution in [0.2, 0.25) is 15.1 Å². The molecule has 3 rings (SSSR count). The van der Waals surface area contributed by atoms with Crippen molar-refractivity contribution in [1.29, 1.82) is 0 Å². The number of nitrogens with zero attached hydrogens (tertiary/aromatic N) is 2. The van der Waals surface area contributed by atoms with E-state index in [2.05, 4.69) is 4.90 Å². The molecule has 1 heterocycles. The summed E-state index contributed by atoms with van der Waals surface area (Å²) < 4.78 is 0. The zero-order valence-corrected chi connectivity index (χ0v) is 17.1. The Morgan fingerprint density at radius 1 is 0.885 bits per heavy atom. The van der Waals surface area contributed by atoms with E-state index < -0.39 is 5.41 Å². The third-order valence-corrected chi connectivity index (χ3v) is 5.71. The van der Waals surface area contributed by atoms with Crippen LogP contribution in [0.4, 0.5) is 5.69 Å². The van der Waals surface area contributed by atoms with Gasteiger partial charge in [-0.05, 0) is 49.7 Å². The van der Waals surface area contributed by atoms with Crippen LogP contribution in [0.5, 0.6) is 0 Å². The molecule has 0 spiro atoms. The fourth-order valence-electron chi connectivity index (χ4n) is 3.27. The Bertz CT molecular complexity index is 797. The van der Waals surface area contributed by atoms with Gasteiger partial charge in [0.05, 0.1) is 16.1 Å². The molecular weight excluding hydrogens is 391 g/mol. The second-order valence-electron chi connectivity index (χ2n) is 7.01. The second-order valence-corrected chi connectivity index (χ2v) is 8.29. The van der Waals surface area contributed by atoms with Crippen LogP contribution < -0.4 is 4.90 Å². The van der Waals surface area contributed by atoms with Gasteiger partial charge >= 0.3 is 0 Å². The lowest BCUT2D eigenvalue weighted by molar-refractivity contribution is -0.136. The number of hydrogen-bond acceptors (Lipinski definition) is 2. The molecule has 1 aliphatic heterocycles. The van der Waals surface area contributed by atoms with Crippen LogP contribution in [-0.4, -0.2) is 37.0 Å². The Morgan fingerprint density at radius 3 is 2.04 bits per heavy atom. The summed E-state index contributed by atoms with van der Waals surface area (Å²) in [6, 6.07) is 13.0. The highest BCUT2D eigenvalue weighted by atomic mass is 35.5. The molecule has 1 aliphatic rings. The van der Waals surface area contributed by atoms with Crippen molar-refractivity contribution in [2.45, 2.75) is 19.3 Å². The Kier molecular flexibility index (Phi) is 5.71. The smallest absolute Gasteiger partial charge is 0.232 e. The molecule has 0 unspecified atom stereocenters. The third-order valence-electron chi connectivity index (χ3n) is 4.92. The molecule has 26 heavy (non-hydrogen) atoms. The van der Waals surface area contributed by atoms with E-state index in [1.165, 1.54) is 0 Å². The fourth-order valence-corrected chi connectivity index (χ4v) is 3.93. The van der Waals surface area contributed by atoms with E-state index in [0.717, 1.165) is 24.3 Å². The molecule has 0 N–H and O–H groups in total. The number of carbonyl (C=O) groups excluding carboxylic acids is 1. The molecule has 0 atom stereocenters. The monoisotopic (exact) mass is 410 g/mol. The number of carbonyl (C=O) groups is 1. The second kappa shape index (κ2) is 7.67. The molecule has 138 valence electrons. The van der Waals surface area contributed by atoms with Gasteiger partial charge < -0.3 is 9.80 Å². The Labute approximate surface area is 169 Å². The molecule has 0 aromatic heterocycles. The van der Waals surface area contributed by atoms with Crippen LogP contribution in [0.3, 0.4) is 0 Å². The number of anilines is 1. The predicted molar refractivity (Wildman–Crippen MR) is 110 cm³/mol. The van der Waals surface area contributed by atoms with Gasteiger partial charge in [0, 0.05) is 36.2 Å². The van der Waals surface area contributed by atoms with Crippen molar-refractivity contribution in [3.8, 4) is 0 Å². The predicted octanol–water partition coefficient (Wildman–Crippen LogP) is 5.27. The molecule has 3 nitrogen and oxygen atoms in total. The van der Waals surface area contributed by atoms with Crippen LogP contribution in [0.25, 0.3) is 0 Å². The zero-order chi connectivity index (χ0) is 18.9. The molecular formula is C20H21Cl3N2O. The number of amides is 1. The average molecular weight is 412 g/mol. The Hall–Kier alpha value is -1.42. The normalized spacial score (nSPS) is 15.3. The topological polar surface area (TPSA) is 23.6 Å². The van der Waals surface area contributed by atoms with E-state index in [0.29, 0.717) is 28.2 Å². The third kappa shape index (κ3) is 3.95. The molecule has 6 heteroatoms. The fraction of sp³-hybridized carbons (Fsp3) is 0.350. The van der Waals surface area contributed by atoms with Gasteiger partial charge in [-0.15, -0.1) is 0 Å². The van der Waals surface area contributed by atoms with E-state index in [-0.39, 0.29) is 5.91 Å². The van der Waals surface area contributed by atoms with Crippen molar-refractivity contribution < 1.29 is 4.79 Å². The van der Waals surface area contributed by atoms with Crippen molar-refractivity contribution in [3.63, 3.8) is 0 Å². The minimum Gasteiger partial charge on any atom is -0.367 e. The summed E-state index contributed by atoms with van der Waals surface area (Å²) in [5, 5.41) is 1.93. The summed E-state index contributed by atoms with van der Waals surface area (Å²) in [4.78, 5) is 17.2. The van der Waals surface area contributed by atoms with Gasteiger partial charge in [0.15, 0.2) is 0 Å². The van der Waals surface area contributed by atoms with Crippen LogP contribution in [-0.2, 0) is 10.2 Å². The molecule has 2 aromatic rings. The summed E-state index contributed by atoms with van der Waals surface area (Å²) in [7, 11) is 0. The first-order valence-electron chi connectivity index (χ1n) is 8.54. The lowest BCUT2D eigenvalue weighted by Crippen LogP contribution is -2.53. The van der Waals surface area contributed by atoms with Crippen LogP contribution >= 0.6 is 34.8 Å². The van der Waals surface area contributed by atoms with E-state index >= 15 is 0 Å². The first-order chi connectivity index (χ1) is 12.3. The Morgan fingerprint density at radius 2 is 1.46 bits per heavy atom. The SMILES string of the molecule is CC(C)(C(=O)N1CCN(c2ccc(Cl)cc2Cl)CC1)c1ccc(Cl)cc1. The summed E-state index contributed by atoms with van der Waals surface area (Å²) in [5.74, 6) is 0.127. The van der Waals surface area contributed by atoms with E-state index in [9.17, 15) is 4.79 Å². The summed E-state index contributed by atoms with van der Waals surface area (Å²) in [5.41, 5.74) is 1.33. The zero-order valence-electron chi connectivity index (χ0n) is 14.8. The molecule has 1 fully saturated rings. The van der Waals surface area contributed by atoms with Gasteiger partial charge in [-0.25, -0.2) is 0 Å². The highest BCUT2D eigenvalue weighted by Crippen LogP contribution is 2.31. The maximum Gasteiger partial charge on any atom is 0.232 e. The summed E-state index contributed by atoms with van der Waals surface area (Å²) in [6.07, 6.45) is 0. The molecule has 0 aliphatic carbocycles. The first-order valence-corrected chi connectivity index (χ1v) is 9.68. The minimum absolute atomic E-state index is 0.127. The highest BCUT2D eigenvalue weighted by Gasteiger charge is 2.35. The lowest BCUT2D eigenvalue weighted by Gasteiger charge is -2.40. The molecule has 1 amide bonds. The standard InChI is InChI=1S/C20H21Cl3N2O/c1-20(2,14-3-5-15(21)6-4-14)19(26)25-11-9-24(10-12-25)18-8-7-16(22)13-17(18)23/h3-8,13H,9-12H2,1-2H3. The molecule has 2 aromatic carbocycles. The van der Waals surface area contributed by atoms with Crippen molar-refractivity contribution >= 4 is 46.4 Å². The number of benzene rings is 2. The van der Waals surface area contributed by atoms with Crippen molar-refractivity contribution in [2.24, 2.45) is 0 Å². The van der Waals surface area contributed by atoms with Gasteiger partial charge in [-0.2, -0.15) is 0 Å². The van der Waals surface area contributed by atoms with Crippen LogP contribution in [0, 0.1) is 0 Å². The van der Waals surface area contributed by atoms with Gasteiger partial charge in [-0.3, -0.25) is 4.79 Å². The van der Waals surface area contributed by atoms with Gasteiger partial charge in [0.2, 0.25) is 5.91 Å². The van der Waals surface area contributed by atoms with Gasteiger partial charge in [0.25, 0.3) is 0 Å². The average Bonchev–Trinajstić information content (AvgIpc) is 2.62. The van der Waals surface area contributed by atoms with E-state index in [4.69, 9.17) is 34.8 Å². The number of hydrogen-bond donors (Lipinski definition) is 0. The largest absolute Gasteiger partial charge is 0.367 e. The Balaban J connectivity index is 1.69. The van der Waals surface area contributed by atoms with E-state index in [1.807, 2.05) is 55.1 Å². The van der Waals surface area contributed by atoms with Gasteiger partial charge in [0.1, 0.15) is 0 Å². The van der Waals surface area contributed by atoms with Gasteiger partial charge in [-0.1, -0.05) is 46.9 Å². The minimum atomic E-state index is -0.593. The van der Waals surface area contributed by atoms with Crippen LogP contribution in [0.15, 0.2) is 42.5 Å². The number of rotatable bonds is 3. The summed E-state index contributed by atoms with van der Waals surface area (Å²) in [6.45, 7) is 6.72.